The molecule has 3 nitrogen and oxygen atoms in total. The van der Waals surface area contributed by atoms with E-state index in [4.69, 9.17) is 0 Å². The number of aromatic nitrogens is 2. The van der Waals surface area contributed by atoms with Crippen LogP contribution in [0.5, 0.6) is 0 Å². The summed E-state index contributed by atoms with van der Waals surface area (Å²) in [5, 5.41) is 15.5. The molecular weight excluding hydrogens is 409 g/mol. The average molecular weight is 430 g/mol. The van der Waals surface area contributed by atoms with Gasteiger partial charge in [0, 0.05) is 16.0 Å². The molecular formula is C23H21F3N2OS. The number of halogens is 3. The van der Waals surface area contributed by atoms with E-state index in [1.807, 2.05) is 30.3 Å². The van der Waals surface area contributed by atoms with Gasteiger partial charge in [0.05, 0.1) is 17.4 Å². The topological polar surface area (TPSA) is 38.1 Å². The number of para-hydroxylation sites is 1. The van der Waals surface area contributed by atoms with E-state index in [0.717, 1.165) is 17.4 Å². The molecule has 1 N–H and O–H groups in total. The SMILES string of the molecule is C=C/C=C(/SCC(O)(c1ccc2c(cnn2-c2ccccc2)c1)C(F)(F)F)C(=C)C. The maximum absolute atomic E-state index is 14.0. The molecule has 1 heterocycles. The molecule has 3 aromatic rings. The highest BCUT2D eigenvalue weighted by Gasteiger charge is 2.55. The van der Waals surface area contributed by atoms with E-state index in [9.17, 15) is 18.3 Å². The van der Waals surface area contributed by atoms with Gasteiger partial charge in [0.25, 0.3) is 0 Å². The van der Waals surface area contributed by atoms with E-state index >= 15 is 0 Å². The van der Waals surface area contributed by atoms with Crippen molar-refractivity contribution in [3.05, 3.63) is 96.1 Å². The van der Waals surface area contributed by atoms with Crippen LogP contribution in [0, 0.1) is 0 Å². The number of fused-ring (bicyclic) bond motifs is 1. The number of benzene rings is 2. The Morgan fingerprint density at radius 2 is 1.90 bits per heavy atom. The van der Waals surface area contributed by atoms with Gasteiger partial charge in [-0.1, -0.05) is 43.5 Å². The molecule has 0 aliphatic carbocycles. The number of hydrogen-bond acceptors (Lipinski definition) is 3. The third-order valence-electron chi connectivity index (χ3n) is 4.64. The fraction of sp³-hybridized carbons (Fsp3) is 0.174. The summed E-state index contributed by atoms with van der Waals surface area (Å²) >= 11 is 0.890. The van der Waals surface area contributed by atoms with Gasteiger partial charge in [-0.3, -0.25) is 0 Å². The van der Waals surface area contributed by atoms with Gasteiger partial charge in [-0.2, -0.15) is 18.3 Å². The number of allylic oxidation sites excluding steroid dienone is 3. The fourth-order valence-electron chi connectivity index (χ4n) is 3.00. The molecule has 0 radical (unpaired) electrons. The summed E-state index contributed by atoms with van der Waals surface area (Å²) < 4.78 is 43.5. The van der Waals surface area contributed by atoms with E-state index in [0.29, 0.717) is 21.4 Å². The van der Waals surface area contributed by atoms with Gasteiger partial charge in [-0.15, -0.1) is 11.8 Å². The van der Waals surface area contributed by atoms with Gasteiger partial charge < -0.3 is 5.11 Å². The molecule has 1 atom stereocenters. The largest absolute Gasteiger partial charge is 0.422 e. The molecule has 0 fully saturated rings. The van der Waals surface area contributed by atoms with E-state index in [1.54, 1.807) is 23.7 Å². The van der Waals surface area contributed by atoms with E-state index in [1.165, 1.54) is 24.4 Å². The van der Waals surface area contributed by atoms with Gasteiger partial charge in [0.15, 0.2) is 5.60 Å². The Kier molecular flexibility index (Phi) is 6.24. The van der Waals surface area contributed by atoms with E-state index < -0.39 is 17.5 Å². The molecule has 1 aromatic heterocycles. The Hall–Kier alpha value is -2.77. The predicted molar refractivity (Wildman–Crippen MR) is 117 cm³/mol. The average Bonchev–Trinajstić information content (AvgIpc) is 3.13. The second kappa shape index (κ2) is 8.53. The zero-order chi connectivity index (χ0) is 21.9. The van der Waals surface area contributed by atoms with Crippen molar-refractivity contribution in [1.82, 2.24) is 9.78 Å². The maximum Gasteiger partial charge on any atom is 0.422 e. The van der Waals surface area contributed by atoms with Gasteiger partial charge in [0.1, 0.15) is 0 Å². The Morgan fingerprint density at radius 1 is 1.20 bits per heavy atom. The fourth-order valence-corrected chi connectivity index (χ4v) is 4.13. The minimum absolute atomic E-state index is 0.234. The monoisotopic (exact) mass is 430 g/mol. The van der Waals surface area contributed by atoms with Crippen LogP contribution in [-0.2, 0) is 5.60 Å². The molecule has 0 saturated carbocycles. The highest BCUT2D eigenvalue weighted by Crippen LogP contribution is 2.44. The molecule has 0 spiro atoms. The lowest BCUT2D eigenvalue weighted by Crippen LogP contribution is -2.44. The number of aliphatic hydroxyl groups is 1. The highest BCUT2D eigenvalue weighted by molar-refractivity contribution is 8.03. The first-order valence-electron chi connectivity index (χ1n) is 9.11. The lowest BCUT2D eigenvalue weighted by Gasteiger charge is -2.31. The Bertz CT molecular complexity index is 1100. The number of thioether (sulfide) groups is 1. The van der Waals surface area contributed by atoms with Crippen LogP contribution in [-0.4, -0.2) is 26.8 Å². The van der Waals surface area contributed by atoms with Crippen LogP contribution in [0.15, 0.2) is 90.5 Å². The normalized spacial score (nSPS) is 14.5. The van der Waals surface area contributed by atoms with Crippen LogP contribution >= 0.6 is 11.8 Å². The van der Waals surface area contributed by atoms with Gasteiger partial charge in [0.2, 0.25) is 0 Å². The summed E-state index contributed by atoms with van der Waals surface area (Å²) in [6.45, 7) is 9.04. The first-order valence-corrected chi connectivity index (χ1v) is 10.1. The van der Waals surface area contributed by atoms with Gasteiger partial charge >= 0.3 is 6.18 Å². The molecule has 30 heavy (non-hydrogen) atoms. The number of hydrogen-bond donors (Lipinski definition) is 1. The van der Waals surface area contributed by atoms with Crippen LogP contribution in [0.1, 0.15) is 12.5 Å². The lowest BCUT2D eigenvalue weighted by molar-refractivity contribution is -0.256. The third kappa shape index (κ3) is 4.22. The van der Waals surface area contributed by atoms with Crippen molar-refractivity contribution in [2.24, 2.45) is 0 Å². The van der Waals surface area contributed by atoms with Crippen molar-refractivity contribution >= 4 is 22.7 Å². The molecule has 3 rings (SSSR count). The Morgan fingerprint density at radius 3 is 2.50 bits per heavy atom. The molecule has 0 amide bonds. The molecule has 7 heteroatoms. The molecule has 0 bridgehead atoms. The summed E-state index contributed by atoms with van der Waals surface area (Å²) in [7, 11) is 0. The second-order valence-corrected chi connectivity index (χ2v) is 7.88. The van der Waals surface area contributed by atoms with Crippen molar-refractivity contribution in [2.75, 3.05) is 5.75 Å². The van der Waals surface area contributed by atoms with Crippen molar-refractivity contribution < 1.29 is 18.3 Å². The van der Waals surface area contributed by atoms with Crippen LogP contribution in [0.2, 0.25) is 0 Å². The molecule has 0 aliphatic heterocycles. The molecule has 0 saturated heterocycles. The highest BCUT2D eigenvalue weighted by atomic mass is 32.2. The third-order valence-corrected chi connectivity index (χ3v) is 6.00. The number of alkyl halides is 3. The second-order valence-electron chi connectivity index (χ2n) is 6.86. The standard InChI is InChI=1S/C23H21F3N2OS/c1-4-8-21(16(2)3)30-15-22(29,23(24,25)26)18-11-12-20-17(13-18)14-27-28(20)19-9-6-5-7-10-19/h4-14,29H,1-2,15H2,3H3/b21-8+. The van der Waals surface area contributed by atoms with Crippen LogP contribution in [0.4, 0.5) is 13.2 Å². The summed E-state index contributed by atoms with van der Waals surface area (Å²) in [6.07, 6.45) is -0.311. The van der Waals surface area contributed by atoms with Gasteiger partial charge in [-0.05, 0) is 48.4 Å². The summed E-state index contributed by atoms with van der Waals surface area (Å²) in [5.74, 6) is -0.610. The van der Waals surface area contributed by atoms with Crippen molar-refractivity contribution in [3.63, 3.8) is 0 Å². The van der Waals surface area contributed by atoms with Crippen LogP contribution < -0.4 is 0 Å². The van der Waals surface area contributed by atoms with Crippen molar-refractivity contribution in [2.45, 2.75) is 18.7 Å². The lowest BCUT2D eigenvalue weighted by atomic mass is 9.94. The van der Waals surface area contributed by atoms with Crippen LogP contribution in [0.3, 0.4) is 0 Å². The number of rotatable bonds is 7. The van der Waals surface area contributed by atoms with Gasteiger partial charge in [-0.25, -0.2) is 4.68 Å². The smallest absolute Gasteiger partial charge is 0.376 e. The van der Waals surface area contributed by atoms with Crippen molar-refractivity contribution in [3.8, 4) is 5.69 Å². The van der Waals surface area contributed by atoms with Crippen LogP contribution in [0.25, 0.3) is 16.6 Å². The van der Waals surface area contributed by atoms with Crippen molar-refractivity contribution in [1.29, 1.82) is 0 Å². The molecule has 0 aliphatic rings. The molecule has 1 unspecified atom stereocenters. The first kappa shape index (κ1) is 21.9. The zero-order valence-corrected chi connectivity index (χ0v) is 17.2. The maximum atomic E-state index is 14.0. The minimum Gasteiger partial charge on any atom is -0.376 e. The summed E-state index contributed by atoms with van der Waals surface area (Å²) in [4.78, 5) is 0.533. The number of nitrogens with zero attached hydrogens (tertiary/aromatic N) is 2. The summed E-state index contributed by atoms with van der Waals surface area (Å²) in [6, 6.07) is 13.5. The van der Waals surface area contributed by atoms with E-state index in [-0.39, 0.29) is 5.56 Å². The summed E-state index contributed by atoms with van der Waals surface area (Å²) in [5.41, 5.74) is -1.22. The van der Waals surface area contributed by atoms with E-state index in [2.05, 4.69) is 18.3 Å². The first-order chi connectivity index (χ1) is 14.2. The molecule has 156 valence electrons. The predicted octanol–water partition coefficient (Wildman–Crippen LogP) is 6.15. The minimum atomic E-state index is -4.86. The quantitative estimate of drug-likeness (QED) is 0.457. The Balaban J connectivity index is 2.01. The Labute approximate surface area is 177 Å². The molecule has 2 aromatic carbocycles. The zero-order valence-electron chi connectivity index (χ0n) is 16.4.